The number of anilines is 2. The first-order valence-electron chi connectivity index (χ1n) is 8.74. The van der Waals surface area contributed by atoms with Crippen LogP contribution in [0, 0.1) is 6.92 Å². The van der Waals surface area contributed by atoms with Gasteiger partial charge in [0.15, 0.2) is 18.1 Å². The van der Waals surface area contributed by atoms with Crippen molar-refractivity contribution in [3.05, 3.63) is 94.9 Å². The van der Waals surface area contributed by atoms with Crippen LogP contribution in [0.25, 0.3) is 5.70 Å². The average Bonchev–Trinajstić information content (AvgIpc) is 2.95. The first kappa shape index (κ1) is 20.8. The largest absolute Gasteiger partial charge is 1.00 e. The maximum absolute atomic E-state index is 13.3. The maximum atomic E-state index is 13.3. The van der Waals surface area contributed by atoms with Crippen molar-refractivity contribution in [2.75, 3.05) is 10.2 Å². The number of carbonyl (C=O) groups excluding carboxylic acids is 2. The highest BCUT2D eigenvalue weighted by Crippen LogP contribution is 2.30. The van der Waals surface area contributed by atoms with Crippen LogP contribution in [0.1, 0.15) is 5.56 Å². The summed E-state index contributed by atoms with van der Waals surface area (Å²) < 4.78 is 2.58. The number of aryl methyl sites for hydroxylation is 1. The lowest BCUT2D eigenvalue weighted by atomic mass is 10.2. The Kier molecular flexibility index (Phi) is 6.15. The molecule has 0 aliphatic carbocycles. The molecule has 0 saturated carbocycles. The number of amides is 2. The lowest BCUT2D eigenvalue weighted by Crippen LogP contribution is -3.00. The van der Waals surface area contributed by atoms with E-state index in [9.17, 15) is 9.59 Å². The van der Waals surface area contributed by atoms with Gasteiger partial charge in [-0.1, -0.05) is 40.2 Å². The van der Waals surface area contributed by atoms with E-state index in [-0.39, 0.29) is 35.6 Å². The number of carbonyl (C=O) groups is 2. The average molecular weight is 471 g/mol. The fourth-order valence-electron chi connectivity index (χ4n) is 3.09. The van der Waals surface area contributed by atoms with Gasteiger partial charge in [-0.15, -0.1) is 0 Å². The number of para-hydroxylation sites is 1. The van der Waals surface area contributed by atoms with Gasteiger partial charge in [-0.2, -0.15) is 4.57 Å². The Labute approximate surface area is 183 Å². The molecule has 0 radical (unpaired) electrons. The molecule has 2 amide bonds. The number of halogens is 2. The molecule has 1 N–H and O–H groups in total. The molecule has 4 rings (SSSR count). The summed E-state index contributed by atoms with van der Waals surface area (Å²) in [6.07, 6.45) is 3.51. The van der Waals surface area contributed by atoms with Crippen molar-refractivity contribution in [3.63, 3.8) is 0 Å². The van der Waals surface area contributed by atoms with Gasteiger partial charge >= 0.3 is 11.6 Å². The third-order valence-electron chi connectivity index (χ3n) is 4.48. The second-order valence-corrected chi connectivity index (χ2v) is 7.23. The van der Waals surface area contributed by atoms with Crippen LogP contribution in [-0.4, -0.2) is 11.8 Å². The van der Waals surface area contributed by atoms with Crippen LogP contribution in [0.4, 0.5) is 11.4 Å². The Balaban J connectivity index is 0.00000240. The molecular weight excluding hydrogens is 454 g/mol. The van der Waals surface area contributed by atoms with E-state index >= 15 is 0 Å². The number of rotatable bonds is 4. The van der Waals surface area contributed by atoms with E-state index < -0.39 is 0 Å². The molecule has 0 saturated heterocycles. The van der Waals surface area contributed by atoms with Gasteiger partial charge < -0.3 is 17.7 Å². The number of hydrogen-bond acceptors (Lipinski definition) is 3. The Morgan fingerprint density at radius 2 is 1.55 bits per heavy atom. The van der Waals surface area contributed by atoms with Gasteiger partial charge in [0.2, 0.25) is 0 Å². The molecule has 0 bridgehead atoms. The van der Waals surface area contributed by atoms with Crippen molar-refractivity contribution in [1.29, 1.82) is 0 Å². The number of hydrogen-bond donors (Lipinski definition) is 1. The molecule has 1 aromatic heterocycles. The topological polar surface area (TPSA) is 53.3 Å². The Hall–Kier alpha value is -2.96. The van der Waals surface area contributed by atoms with Gasteiger partial charge in [-0.05, 0) is 42.8 Å². The summed E-state index contributed by atoms with van der Waals surface area (Å²) in [7, 11) is 0. The van der Waals surface area contributed by atoms with Gasteiger partial charge in [0, 0.05) is 22.3 Å². The molecule has 0 unspecified atom stereocenters. The number of nitrogens with one attached hydrogen (secondary N) is 1. The van der Waals surface area contributed by atoms with E-state index in [4.69, 9.17) is 0 Å². The Morgan fingerprint density at radius 1 is 0.897 bits per heavy atom. The van der Waals surface area contributed by atoms with Gasteiger partial charge in [0.05, 0.1) is 5.69 Å². The zero-order valence-electron chi connectivity index (χ0n) is 15.5. The SMILES string of the molecule is Cc1cc(N2C(=O)C(Nc3ccccc3)=C([n+]3ccccc3)C2=O)ccc1Br.[Cl-]. The van der Waals surface area contributed by atoms with Crippen molar-refractivity contribution in [2.24, 2.45) is 0 Å². The van der Waals surface area contributed by atoms with Crippen molar-refractivity contribution >= 4 is 44.8 Å². The Bertz CT molecular complexity index is 1100. The summed E-state index contributed by atoms with van der Waals surface area (Å²) in [6, 6.07) is 20.2. The highest BCUT2D eigenvalue weighted by atomic mass is 79.9. The van der Waals surface area contributed by atoms with Crippen LogP contribution in [-0.2, 0) is 9.59 Å². The molecular formula is C22H17BrClN3O2. The predicted molar refractivity (Wildman–Crippen MR) is 111 cm³/mol. The molecule has 0 spiro atoms. The molecule has 3 aromatic rings. The lowest BCUT2D eigenvalue weighted by Gasteiger charge is -2.15. The summed E-state index contributed by atoms with van der Waals surface area (Å²) in [5.41, 5.74) is 2.75. The highest BCUT2D eigenvalue weighted by Gasteiger charge is 2.45. The minimum atomic E-state index is -0.387. The summed E-state index contributed by atoms with van der Waals surface area (Å²) in [6.45, 7) is 1.92. The number of pyridine rings is 1. The van der Waals surface area contributed by atoms with Crippen molar-refractivity contribution in [3.8, 4) is 0 Å². The summed E-state index contributed by atoms with van der Waals surface area (Å²) >= 11 is 3.46. The lowest BCUT2D eigenvalue weighted by molar-refractivity contribution is -0.577. The van der Waals surface area contributed by atoms with Crippen LogP contribution in [0.15, 0.2) is 89.3 Å². The molecule has 0 atom stereocenters. The first-order chi connectivity index (χ1) is 13.6. The van der Waals surface area contributed by atoms with Gasteiger partial charge in [0.25, 0.3) is 5.91 Å². The van der Waals surface area contributed by atoms with E-state index in [1.54, 1.807) is 23.0 Å². The summed E-state index contributed by atoms with van der Waals surface area (Å²) in [4.78, 5) is 27.8. The normalized spacial score (nSPS) is 13.5. The number of aromatic nitrogens is 1. The monoisotopic (exact) mass is 469 g/mol. The molecule has 7 heteroatoms. The smallest absolute Gasteiger partial charge is 0.333 e. The first-order valence-corrected chi connectivity index (χ1v) is 9.53. The van der Waals surface area contributed by atoms with E-state index in [1.807, 2.05) is 67.6 Å². The Morgan fingerprint density at radius 3 is 2.21 bits per heavy atom. The molecule has 0 fully saturated rings. The summed E-state index contributed by atoms with van der Waals surface area (Å²) in [5, 5.41) is 3.13. The molecule has 5 nitrogen and oxygen atoms in total. The second kappa shape index (κ2) is 8.59. The van der Waals surface area contributed by atoms with Crippen molar-refractivity contribution < 1.29 is 26.6 Å². The van der Waals surface area contributed by atoms with Crippen molar-refractivity contribution in [1.82, 2.24) is 0 Å². The molecule has 29 heavy (non-hydrogen) atoms. The van der Waals surface area contributed by atoms with E-state index in [0.717, 1.165) is 15.7 Å². The molecule has 2 heterocycles. The van der Waals surface area contributed by atoms with Crippen molar-refractivity contribution in [2.45, 2.75) is 6.92 Å². The molecule has 2 aromatic carbocycles. The zero-order chi connectivity index (χ0) is 19.7. The fraction of sp³-hybridized carbons (Fsp3) is 0.0455. The number of benzene rings is 2. The third kappa shape index (κ3) is 3.95. The molecule has 146 valence electrons. The number of imide groups is 1. The van der Waals surface area contributed by atoms with E-state index in [2.05, 4.69) is 21.2 Å². The minimum absolute atomic E-state index is 0. The predicted octanol–water partition coefficient (Wildman–Crippen LogP) is 0.903. The minimum Gasteiger partial charge on any atom is -1.00 e. The molecule has 1 aliphatic heterocycles. The van der Waals surface area contributed by atoms with Crippen LogP contribution in [0.3, 0.4) is 0 Å². The standard InChI is InChI=1S/C22H16BrN3O2.ClH/c1-15-14-17(10-11-18(15)23)26-21(27)19(24-16-8-4-2-5-9-16)20(22(26)28)25-12-6-3-7-13-25;/h2-14H,1H3;1H. The highest BCUT2D eigenvalue weighted by molar-refractivity contribution is 9.10. The number of nitrogens with zero attached hydrogens (tertiary/aromatic N) is 2. The third-order valence-corrected chi connectivity index (χ3v) is 5.37. The van der Waals surface area contributed by atoms with Crippen LogP contribution in [0.2, 0.25) is 0 Å². The molecule has 1 aliphatic rings. The maximum Gasteiger partial charge on any atom is 0.333 e. The van der Waals surface area contributed by atoms with Crippen LogP contribution < -0.4 is 27.2 Å². The van der Waals surface area contributed by atoms with Crippen LogP contribution in [0.5, 0.6) is 0 Å². The summed E-state index contributed by atoms with van der Waals surface area (Å²) in [5.74, 6) is -0.761. The second-order valence-electron chi connectivity index (χ2n) is 6.38. The van der Waals surface area contributed by atoms with Gasteiger partial charge in [-0.25, -0.2) is 4.90 Å². The van der Waals surface area contributed by atoms with Gasteiger partial charge in [0.1, 0.15) is 0 Å². The fourth-order valence-corrected chi connectivity index (χ4v) is 3.33. The van der Waals surface area contributed by atoms with Crippen LogP contribution >= 0.6 is 15.9 Å². The van der Waals surface area contributed by atoms with E-state index in [1.165, 1.54) is 4.90 Å². The zero-order valence-corrected chi connectivity index (χ0v) is 17.8. The van der Waals surface area contributed by atoms with Gasteiger partial charge in [-0.3, -0.25) is 9.59 Å². The quantitative estimate of drug-likeness (QED) is 0.455. The van der Waals surface area contributed by atoms with E-state index in [0.29, 0.717) is 5.69 Å².